The first-order valence-corrected chi connectivity index (χ1v) is 14.6. The van der Waals surface area contributed by atoms with Crippen LogP contribution in [0.4, 0.5) is 5.69 Å². The first-order valence-electron chi connectivity index (χ1n) is 13.7. The van der Waals surface area contributed by atoms with E-state index >= 15 is 0 Å². The molecule has 0 aliphatic carbocycles. The lowest BCUT2D eigenvalue weighted by Gasteiger charge is -2.25. The average molecular weight is 550 g/mol. The summed E-state index contributed by atoms with van der Waals surface area (Å²) in [5.74, 6) is -0.471. The number of ether oxygens (including phenoxy) is 1. The van der Waals surface area contributed by atoms with Crippen molar-refractivity contribution in [2.75, 3.05) is 24.6 Å². The number of rotatable bonds is 6. The highest BCUT2D eigenvalue weighted by molar-refractivity contribution is 7.07. The van der Waals surface area contributed by atoms with Gasteiger partial charge in [-0.1, -0.05) is 78.1 Å². The van der Waals surface area contributed by atoms with Crippen LogP contribution in [-0.4, -0.2) is 30.2 Å². The van der Waals surface area contributed by atoms with E-state index in [0.29, 0.717) is 20.6 Å². The Labute approximate surface area is 237 Å². The highest BCUT2D eigenvalue weighted by atomic mass is 32.1. The molecule has 0 amide bonds. The lowest BCUT2D eigenvalue weighted by atomic mass is 9.93. The summed E-state index contributed by atoms with van der Waals surface area (Å²) < 4.78 is 7.75. The normalized spacial score (nSPS) is 17.1. The van der Waals surface area contributed by atoms with Crippen LogP contribution in [0.1, 0.15) is 48.1 Å². The minimum atomic E-state index is -0.659. The number of carbonyl (C=O) groups excluding carboxylic acids is 1. The average Bonchev–Trinajstić information content (AvgIpc) is 3.62. The highest BCUT2D eigenvalue weighted by Gasteiger charge is 2.35. The Balaban J connectivity index is 1.55. The fourth-order valence-corrected chi connectivity index (χ4v) is 6.62. The number of benzene rings is 3. The molecular formula is C33H31N3O3S. The second-order valence-electron chi connectivity index (χ2n) is 10.1. The standard InChI is InChI=1S/C33H31N3O3S/c1-3-39-32(38)28-29(24-12-6-4-7-13-24)34-33-36(30(28)25-14-8-5-9-15-25)31(37)27(40-33)21-23-16-17-26(22(2)20-23)35-18-10-11-19-35/h4-9,12-17,20-21,30H,3,10-11,18-19H2,1-2H3/b27-21+/t30-/m0/s1. The van der Waals surface area contributed by atoms with E-state index in [2.05, 4.69) is 30.0 Å². The van der Waals surface area contributed by atoms with Crippen LogP contribution in [0, 0.1) is 6.92 Å². The topological polar surface area (TPSA) is 63.9 Å². The van der Waals surface area contributed by atoms with Gasteiger partial charge in [0.2, 0.25) is 0 Å². The molecule has 1 aromatic heterocycles. The second-order valence-corrected chi connectivity index (χ2v) is 11.1. The van der Waals surface area contributed by atoms with Gasteiger partial charge in [-0.15, -0.1) is 0 Å². The SMILES string of the molecule is CCOC(=O)C1=C(c2ccccc2)N=c2s/c(=C/c3ccc(N4CCCC4)c(C)c3)c(=O)n2[C@H]1c1ccccc1. The summed E-state index contributed by atoms with van der Waals surface area (Å²) in [5, 5.41) is 0. The molecule has 0 bridgehead atoms. The van der Waals surface area contributed by atoms with Crippen molar-refractivity contribution >= 4 is 34.8 Å². The molecule has 6 nitrogen and oxygen atoms in total. The highest BCUT2D eigenvalue weighted by Crippen LogP contribution is 2.35. The van der Waals surface area contributed by atoms with Crippen molar-refractivity contribution in [1.82, 2.24) is 4.57 Å². The van der Waals surface area contributed by atoms with Crippen LogP contribution in [0.2, 0.25) is 0 Å². The second kappa shape index (κ2) is 11.1. The number of fused-ring (bicyclic) bond motifs is 1. The van der Waals surface area contributed by atoms with Crippen LogP contribution >= 0.6 is 11.3 Å². The van der Waals surface area contributed by atoms with Gasteiger partial charge in [-0.2, -0.15) is 0 Å². The Kier molecular flexibility index (Phi) is 7.22. The summed E-state index contributed by atoms with van der Waals surface area (Å²) in [6.07, 6.45) is 4.39. The summed E-state index contributed by atoms with van der Waals surface area (Å²) >= 11 is 1.35. The van der Waals surface area contributed by atoms with Crippen molar-refractivity contribution in [2.24, 2.45) is 4.99 Å². The lowest BCUT2D eigenvalue weighted by molar-refractivity contribution is -0.138. The monoisotopic (exact) mass is 549 g/mol. The summed E-state index contributed by atoms with van der Waals surface area (Å²) in [7, 11) is 0. The van der Waals surface area contributed by atoms with Gasteiger partial charge in [0.05, 0.1) is 28.5 Å². The third kappa shape index (κ3) is 4.82. The Hall–Kier alpha value is -4.23. The maximum absolute atomic E-state index is 14.0. The molecule has 0 unspecified atom stereocenters. The van der Waals surface area contributed by atoms with Gasteiger partial charge in [-0.05, 0) is 61.6 Å². The van der Waals surface area contributed by atoms with Crippen LogP contribution < -0.4 is 19.8 Å². The summed E-state index contributed by atoms with van der Waals surface area (Å²) in [4.78, 5) is 35.4. The molecule has 3 aromatic carbocycles. The zero-order valence-corrected chi connectivity index (χ0v) is 23.5. The van der Waals surface area contributed by atoms with Crippen LogP contribution in [0.15, 0.2) is 94.2 Å². The minimum absolute atomic E-state index is 0.173. The molecule has 1 saturated heterocycles. The predicted octanol–water partition coefficient (Wildman–Crippen LogP) is 4.84. The van der Waals surface area contributed by atoms with E-state index in [-0.39, 0.29) is 12.2 Å². The zero-order valence-electron chi connectivity index (χ0n) is 22.7. The minimum Gasteiger partial charge on any atom is -0.463 e. The Morgan fingerprint density at radius 1 is 1.02 bits per heavy atom. The van der Waals surface area contributed by atoms with Gasteiger partial charge in [0.15, 0.2) is 4.80 Å². The fraction of sp³-hybridized carbons (Fsp3) is 0.242. The maximum Gasteiger partial charge on any atom is 0.338 e. The molecule has 0 N–H and O–H groups in total. The molecule has 0 radical (unpaired) electrons. The van der Waals surface area contributed by atoms with Crippen molar-refractivity contribution in [2.45, 2.75) is 32.7 Å². The van der Waals surface area contributed by atoms with Crippen LogP contribution in [0.3, 0.4) is 0 Å². The molecule has 0 spiro atoms. The zero-order chi connectivity index (χ0) is 27.6. The van der Waals surface area contributed by atoms with Gasteiger partial charge in [-0.3, -0.25) is 9.36 Å². The number of hydrogen-bond donors (Lipinski definition) is 0. The first-order chi connectivity index (χ1) is 19.5. The Morgan fingerprint density at radius 3 is 2.40 bits per heavy atom. The third-order valence-corrected chi connectivity index (χ3v) is 8.44. The molecule has 2 aliphatic rings. The molecule has 1 atom stereocenters. The Morgan fingerprint density at radius 2 is 1.73 bits per heavy atom. The number of aromatic nitrogens is 1. The van der Waals surface area contributed by atoms with Crippen LogP contribution in [0.25, 0.3) is 11.8 Å². The largest absolute Gasteiger partial charge is 0.463 e. The number of carbonyl (C=O) groups is 1. The van der Waals surface area contributed by atoms with E-state index in [0.717, 1.165) is 29.8 Å². The van der Waals surface area contributed by atoms with Gasteiger partial charge >= 0.3 is 5.97 Å². The maximum atomic E-state index is 14.0. The number of anilines is 1. The quantitative estimate of drug-likeness (QED) is 0.323. The fourth-order valence-electron chi connectivity index (χ4n) is 5.62. The van der Waals surface area contributed by atoms with Crippen molar-refractivity contribution in [3.63, 3.8) is 0 Å². The summed E-state index contributed by atoms with van der Waals surface area (Å²) in [6.45, 7) is 6.31. The molecule has 1 fully saturated rings. The van der Waals surface area contributed by atoms with Crippen molar-refractivity contribution in [1.29, 1.82) is 0 Å². The van der Waals surface area contributed by atoms with Gasteiger partial charge < -0.3 is 9.64 Å². The van der Waals surface area contributed by atoms with Crippen molar-refractivity contribution in [3.05, 3.63) is 126 Å². The number of nitrogens with zero attached hydrogens (tertiary/aromatic N) is 3. The van der Waals surface area contributed by atoms with E-state index < -0.39 is 12.0 Å². The number of esters is 1. The molecule has 0 saturated carbocycles. The number of thiazole rings is 1. The molecule has 40 heavy (non-hydrogen) atoms. The Bertz CT molecular complexity index is 1770. The van der Waals surface area contributed by atoms with Crippen molar-refractivity contribution in [3.8, 4) is 0 Å². The van der Waals surface area contributed by atoms with Gasteiger partial charge in [0.25, 0.3) is 5.56 Å². The van der Waals surface area contributed by atoms with E-state index in [1.165, 1.54) is 35.4 Å². The smallest absolute Gasteiger partial charge is 0.338 e. The molecule has 6 rings (SSSR count). The van der Waals surface area contributed by atoms with Crippen LogP contribution in [-0.2, 0) is 9.53 Å². The molecule has 3 heterocycles. The van der Waals surface area contributed by atoms with E-state index in [9.17, 15) is 9.59 Å². The number of hydrogen-bond acceptors (Lipinski definition) is 6. The van der Waals surface area contributed by atoms with Gasteiger partial charge in [-0.25, -0.2) is 9.79 Å². The summed E-state index contributed by atoms with van der Waals surface area (Å²) in [6, 6.07) is 25.0. The van der Waals surface area contributed by atoms with E-state index in [1.54, 1.807) is 11.5 Å². The van der Waals surface area contributed by atoms with E-state index in [4.69, 9.17) is 9.73 Å². The summed E-state index contributed by atoms with van der Waals surface area (Å²) in [5.41, 5.74) is 5.77. The van der Waals surface area contributed by atoms with Crippen LogP contribution in [0.5, 0.6) is 0 Å². The van der Waals surface area contributed by atoms with Crippen molar-refractivity contribution < 1.29 is 9.53 Å². The van der Waals surface area contributed by atoms with E-state index in [1.807, 2.05) is 66.7 Å². The predicted molar refractivity (Wildman–Crippen MR) is 160 cm³/mol. The molecule has 2 aliphatic heterocycles. The third-order valence-electron chi connectivity index (χ3n) is 7.45. The lowest BCUT2D eigenvalue weighted by Crippen LogP contribution is -2.40. The van der Waals surface area contributed by atoms with Gasteiger partial charge in [0.1, 0.15) is 0 Å². The van der Waals surface area contributed by atoms with Gasteiger partial charge in [0, 0.05) is 24.3 Å². The molecule has 202 valence electrons. The molecular weight excluding hydrogens is 518 g/mol. The first kappa shape index (κ1) is 26.0. The number of aryl methyl sites for hydroxylation is 1. The molecule has 7 heteroatoms. The molecule has 4 aromatic rings.